The maximum absolute atomic E-state index is 14.2. The molecule has 9 heteroatoms. The molecular formula is C27H41BrN2O5S. The molecule has 0 aliphatic carbocycles. The number of hydrogen-bond acceptors (Lipinski definition) is 6. The molecule has 3 unspecified atom stereocenters. The summed E-state index contributed by atoms with van der Waals surface area (Å²) in [5.74, 6) is -1.66. The van der Waals surface area contributed by atoms with Crippen molar-refractivity contribution in [3.05, 3.63) is 25.3 Å². The first-order chi connectivity index (χ1) is 17.4. The zero-order valence-corrected chi connectivity index (χ0v) is 23.8. The number of likely N-dealkylation sites (tertiary alicyclic amines) is 1. The Morgan fingerprint density at radius 2 is 1.97 bits per heavy atom. The molecule has 1 spiro atoms. The van der Waals surface area contributed by atoms with Gasteiger partial charge < -0.3 is 19.6 Å². The van der Waals surface area contributed by atoms with Gasteiger partial charge in [0.25, 0.3) is 0 Å². The quantitative estimate of drug-likeness (QED) is 0.128. The highest BCUT2D eigenvalue weighted by atomic mass is 79.9. The monoisotopic (exact) mass is 584 g/mol. The molecule has 0 radical (unpaired) electrons. The third-order valence-corrected chi connectivity index (χ3v) is 10.9. The first kappa shape index (κ1) is 29.2. The van der Waals surface area contributed by atoms with E-state index in [-0.39, 0.29) is 41.1 Å². The number of hydrogen-bond donors (Lipinski definition) is 1. The molecule has 3 rings (SSSR count). The van der Waals surface area contributed by atoms with E-state index in [4.69, 9.17) is 9.84 Å². The van der Waals surface area contributed by atoms with E-state index in [2.05, 4.69) is 36.0 Å². The minimum atomic E-state index is -0.653. The number of ether oxygens (including phenoxy) is 1. The average Bonchev–Trinajstić information content (AvgIpc) is 3.45. The number of thioether (sulfide) groups is 1. The molecule has 1 N–H and O–H groups in total. The largest absolute Gasteiger partial charge is 0.461 e. The van der Waals surface area contributed by atoms with Crippen molar-refractivity contribution in [1.82, 2.24) is 9.80 Å². The summed E-state index contributed by atoms with van der Waals surface area (Å²) in [4.78, 5) is 45.0. The van der Waals surface area contributed by atoms with E-state index in [9.17, 15) is 14.4 Å². The van der Waals surface area contributed by atoms with Crippen molar-refractivity contribution in [2.45, 2.75) is 79.2 Å². The van der Waals surface area contributed by atoms with E-state index in [1.165, 1.54) is 6.08 Å². The van der Waals surface area contributed by atoms with Gasteiger partial charge in [0.15, 0.2) is 0 Å². The predicted molar refractivity (Wildman–Crippen MR) is 147 cm³/mol. The zero-order chi connectivity index (χ0) is 26.3. The normalized spacial score (nSPS) is 30.4. The highest BCUT2D eigenvalue weighted by Crippen LogP contribution is 2.68. The van der Waals surface area contributed by atoms with E-state index < -0.39 is 22.6 Å². The fourth-order valence-electron chi connectivity index (χ4n) is 6.08. The van der Waals surface area contributed by atoms with Crippen LogP contribution in [-0.2, 0) is 19.1 Å². The number of alkyl halides is 1. The molecular weight excluding hydrogens is 544 g/mol. The molecule has 202 valence electrons. The molecule has 3 aliphatic rings. The van der Waals surface area contributed by atoms with Crippen LogP contribution in [0.3, 0.4) is 0 Å². The van der Waals surface area contributed by atoms with Crippen LogP contribution < -0.4 is 0 Å². The SMILES string of the molecule is C=CCOC(=O)[C@H]1[C@@H]2SC3(CC2Br)C(C(=O)N(CC=C)CCCCC)N(CCCCCCO)C(=O)[C@H]13. The van der Waals surface area contributed by atoms with Gasteiger partial charge in [0.1, 0.15) is 12.6 Å². The lowest BCUT2D eigenvalue weighted by Crippen LogP contribution is -2.55. The highest BCUT2D eigenvalue weighted by Gasteiger charge is 2.76. The van der Waals surface area contributed by atoms with Crippen molar-refractivity contribution in [2.24, 2.45) is 11.8 Å². The van der Waals surface area contributed by atoms with Crippen LogP contribution in [0.1, 0.15) is 58.3 Å². The van der Waals surface area contributed by atoms with Crippen molar-refractivity contribution in [3.8, 4) is 0 Å². The summed E-state index contributed by atoms with van der Waals surface area (Å²) in [7, 11) is 0. The number of nitrogens with zero attached hydrogens (tertiary/aromatic N) is 2. The summed E-state index contributed by atoms with van der Waals surface area (Å²) in [5.41, 5.74) is 0. The second-order valence-corrected chi connectivity index (χ2v) is 12.7. The third-order valence-electron chi connectivity index (χ3n) is 7.64. The summed E-state index contributed by atoms with van der Waals surface area (Å²) in [6.07, 6.45) is 10.2. The van der Waals surface area contributed by atoms with Crippen molar-refractivity contribution in [1.29, 1.82) is 0 Å². The molecule has 0 aromatic heterocycles. The van der Waals surface area contributed by atoms with Crippen LogP contribution in [0.4, 0.5) is 0 Å². The molecule has 6 atom stereocenters. The van der Waals surface area contributed by atoms with Gasteiger partial charge in [0.05, 0.1) is 16.6 Å². The first-order valence-electron chi connectivity index (χ1n) is 13.3. The van der Waals surface area contributed by atoms with Crippen LogP contribution in [0.25, 0.3) is 0 Å². The van der Waals surface area contributed by atoms with Crippen LogP contribution in [0.15, 0.2) is 25.3 Å². The fraction of sp³-hybridized carbons (Fsp3) is 0.741. The average molecular weight is 586 g/mol. The Morgan fingerprint density at radius 3 is 2.64 bits per heavy atom. The van der Waals surface area contributed by atoms with Crippen LogP contribution in [0.5, 0.6) is 0 Å². The summed E-state index contributed by atoms with van der Waals surface area (Å²) >= 11 is 5.42. The number of halogens is 1. The molecule has 3 fully saturated rings. The van der Waals surface area contributed by atoms with Gasteiger partial charge in [0, 0.05) is 36.3 Å². The Kier molecular flexibility index (Phi) is 10.9. The molecule has 3 saturated heterocycles. The standard InChI is InChI=1S/C27H41BrN2O5S/c1-4-7-10-14-29(13-5-2)25(33)23-27-18-19(28)22(36-27)20(26(34)35-17-6-3)21(27)24(32)30(23)15-11-8-9-12-16-31/h5-6,19-23,31H,2-4,7-18H2,1H3/t19?,20-,21+,22-,23?,27?/m1/s1. The van der Waals surface area contributed by atoms with Gasteiger partial charge in [-0.3, -0.25) is 14.4 Å². The van der Waals surface area contributed by atoms with E-state index >= 15 is 0 Å². The van der Waals surface area contributed by atoms with E-state index in [0.717, 1.165) is 44.9 Å². The lowest BCUT2D eigenvalue weighted by atomic mass is 9.71. The Morgan fingerprint density at radius 1 is 1.22 bits per heavy atom. The van der Waals surface area contributed by atoms with Gasteiger partial charge in [-0.2, -0.15) is 0 Å². The lowest BCUT2D eigenvalue weighted by Gasteiger charge is -2.38. The Hall–Kier alpha value is -1.32. The van der Waals surface area contributed by atoms with Gasteiger partial charge >= 0.3 is 5.97 Å². The van der Waals surface area contributed by atoms with E-state index in [1.54, 1.807) is 22.7 Å². The molecule has 0 aromatic rings. The van der Waals surface area contributed by atoms with Gasteiger partial charge in [-0.15, -0.1) is 18.3 Å². The minimum absolute atomic E-state index is 0.0283. The van der Waals surface area contributed by atoms with Gasteiger partial charge in [-0.25, -0.2) is 0 Å². The van der Waals surface area contributed by atoms with E-state index in [0.29, 0.717) is 26.1 Å². The maximum atomic E-state index is 14.2. The first-order valence-corrected chi connectivity index (χ1v) is 15.1. The number of esters is 1. The van der Waals surface area contributed by atoms with Gasteiger partial charge in [0.2, 0.25) is 11.8 Å². The molecule has 2 bridgehead atoms. The van der Waals surface area contributed by atoms with Gasteiger partial charge in [-0.1, -0.05) is 67.3 Å². The zero-order valence-electron chi connectivity index (χ0n) is 21.4. The number of aliphatic hydroxyl groups excluding tert-OH is 1. The van der Waals surface area contributed by atoms with Crippen molar-refractivity contribution in [3.63, 3.8) is 0 Å². The Balaban J connectivity index is 1.93. The maximum Gasteiger partial charge on any atom is 0.311 e. The highest BCUT2D eigenvalue weighted by molar-refractivity contribution is 9.09. The number of amides is 2. The summed E-state index contributed by atoms with van der Waals surface area (Å²) in [6, 6.07) is -0.610. The second kappa shape index (κ2) is 13.5. The third kappa shape index (κ3) is 5.73. The molecule has 3 heterocycles. The Labute approximate surface area is 228 Å². The summed E-state index contributed by atoms with van der Waals surface area (Å²) in [5, 5.41) is 9.00. The van der Waals surface area contributed by atoms with Crippen molar-refractivity contribution >= 4 is 45.5 Å². The second-order valence-electron chi connectivity index (χ2n) is 10.0. The summed E-state index contributed by atoms with van der Waals surface area (Å²) < 4.78 is 4.79. The lowest BCUT2D eigenvalue weighted by molar-refractivity contribution is -0.153. The van der Waals surface area contributed by atoms with Gasteiger partial charge in [-0.05, 0) is 25.7 Å². The predicted octanol–water partition coefficient (Wildman–Crippen LogP) is 3.94. The number of unbranched alkanes of at least 4 members (excludes halogenated alkanes) is 5. The molecule has 7 nitrogen and oxygen atoms in total. The summed E-state index contributed by atoms with van der Waals surface area (Å²) in [6.45, 7) is 11.4. The number of aliphatic hydroxyl groups is 1. The number of fused-ring (bicyclic) bond motifs is 1. The number of rotatable bonds is 16. The number of carbonyl (C=O) groups is 3. The molecule has 0 aromatic carbocycles. The Bertz CT molecular complexity index is 826. The van der Waals surface area contributed by atoms with Crippen molar-refractivity contribution in [2.75, 3.05) is 32.8 Å². The van der Waals surface area contributed by atoms with Crippen LogP contribution >= 0.6 is 27.7 Å². The molecule has 3 aliphatic heterocycles. The van der Waals surface area contributed by atoms with Crippen LogP contribution in [0, 0.1) is 11.8 Å². The van der Waals surface area contributed by atoms with Crippen LogP contribution in [-0.4, -0.2) is 86.4 Å². The van der Waals surface area contributed by atoms with Crippen molar-refractivity contribution < 1.29 is 24.2 Å². The number of carbonyl (C=O) groups excluding carboxylic acids is 3. The molecule has 0 saturated carbocycles. The molecule has 2 amide bonds. The van der Waals surface area contributed by atoms with E-state index in [1.807, 2.05) is 4.90 Å². The molecule has 36 heavy (non-hydrogen) atoms. The topological polar surface area (TPSA) is 87.2 Å². The fourth-order valence-corrected chi connectivity index (χ4v) is 9.67. The smallest absolute Gasteiger partial charge is 0.311 e. The van der Waals surface area contributed by atoms with Crippen LogP contribution in [0.2, 0.25) is 0 Å². The minimum Gasteiger partial charge on any atom is -0.461 e.